The maximum Gasteiger partial charge on any atom is 0.0200 e. The monoisotopic (exact) mass is 299 g/mol. The fourth-order valence-corrected chi connectivity index (χ4v) is 2.18. The van der Waals surface area contributed by atoms with Crippen molar-refractivity contribution < 1.29 is 0 Å². The van der Waals surface area contributed by atoms with Crippen LogP contribution in [-0.4, -0.2) is 18.3 Å². The largest absolute Gasteiger partial charge is 0.311 e. The smallest absolute Gasteiger partial charge is 0.0200 e. The summed E-state index contributed by atoms with van der Waals surface area (Å²) in [6.07, 6.45) is 0. The molecule has 0 unspecified atom stereocenters. The van der Waals surface area contributed by atoms with E-state index in [1.165, 1.54) is 10.5 Å². The molecule has 88 valence electrons. The number of thioether (sulfide) groups is 1. The predicted octanol–water partition coefficient (Wildman–Crippen LogP) is 4.10. The molecule has 0 heterocycles. The highest BCUT2D eigenvalue weighted by Crippen LogP contribution is 2.21. The van der Waals surface area contributed by atoms with Crippen molar-refractivity contribution in [2.45, 2.75) is 24.8 Å². The molecule has 0 bridgehead atoms. The van der Waals surface area contributed by atoms with Gasteiger partial charge in [-0.05, 0) is 24.3 Å². The summed E-state index contributed by atoms with van der Waals surface area (Å²) in [6, 6.07) is 8.90. The number of hydrogen-bond acceptors (Lipinski definition) is 2. The zero-order chi connectivity index (χ0) is 12.0. The Morgan fingerprint density at radius 3 is 2.56 bits per heavy atom. The zero-order valence-corrected chi connectivity index (χ0v) is 12.2. The Morgan fingerprint density at radius 2 is 2.00 bits per heavy atom. The molecule has 0 spiro atoms. The van der Waals surface area contributed by atoms with Crippen LogP contribution in [0.3, 0.4) is 0 Å². The zero-order valence-electron chi connectivity index (χ0n) is 9.79. The Bertz CT molecular complexity index is 332. The molecule has 1 rings (SSSR count). The van der Waals surface area contributed by atoms with Gasteiger partial charge in [-0.2, -0.15) is 0 Å². The Morgan fingerprint density at radius 1 is 1.38 bits per heavy atom. The van der Waals surface area contributed by atoms with Crippen LogP contribution in [-0.2, 0) is 0 Å². The average Bonchev–Trinajstić information content (AvgIpc) is 2.25. The van der Waals surface area contributed by atoms with Crippen LogP contribution >= 0.6 is 27.7 Å². The lowest BCUT2D eigenvalue weighted by atomic mass is 10.3. The lowest BCUT2D eigenvalue weighted by Crippen LogP contribution is -2.25. The van der Waals surface area contributed by atoms with Gasteiger partial charge in [0, 0.05) is 27.7 Å². The molecule has 1 aromatic rings. The molecule has 1 N–H and O–H groups in total. The van der Waals surface area contributed by atoms with Gasteiger partial charge in [0.1, 0.15) is 0 Å². The maximum atomic E-state index is 4.07. The van der Waals surface area contributed by atoms with Crippen LogP contribution < -0.4 is 5.32 Å². The van der Waals surface area contributed by atoms with Crippen molar-refractivity contribution in [1.82, 2.24) is 5.32 Å². The first-order valence-corrected chi connectivity index (χ1v) is 7.14. The van der Waals surface area contributed by atoms with Crippen molar-refractivity contribution in [1.29, 1.82) is 0 Å². The summed E-state index contributed by atoms with van der Waals surface area (Å²) in [5.41, 5.74) is 1.24. The summed E-state index contributed by atoms with van der Waals surface area (Å²) in [5.74, 6) is 0.974. The van der Waals surface area contributed by atoms with E-state index < -0.39 is 0 Å². The highest BCUT2D eigenvalue weighted by molar-refractivity contribution is 9.10. The topological polar surface area (TPSA) is 12.0 Å². The van der Waals surface area contributed by atoms with Crippen molar-refractivity contribution >= 4 is 27.7 Å². The van der Waals surface area contributed by atoms with E-state index in [1.54, 1.807) is 0 Å². The van der Waals surface area contributed by atoms with Gasteiger partial charge in [-0.1, -0.05) is 41.9 Å². The molecule has 16 heavy (non-hydrogen) atoms. The number of nitrogens with one attached hydrogen (secondary N) is 1. The van der Waals surface area contributed by atoms with Crippen LogP contribution in [0.4, 0.5) is 0 Å². The molecule has 0 aliphatic heterocycles. The van der Waals surface area contributed by atoms with E-state index in [0.29, 0.717) is 6.04 Å². The van der Waals surface area contributed by atoms with Gasteiger partial charge >= 0.3 is 0 Å². The van der Waals surface area contributed by atoms with Crippen LogP contribution in [0.5, 0.6) is 0 Å². The first kappa shape index (κ1) is 13.8. The minimum Gasteiger partial charge on any atom is -0.311 e. The molecule has 1 nitrogen and oxygen atoms in total. The molecule has 1 aromatic carbocycles. The quantitative estimate of drug-likeness (QED) is 0.627. The summed E-state index contributed by atoms with van der Waals surface area (Å²) in [4.78, 5) is 1.29. The third-order valence-corrected chi connectivity index (χ3v) is 3.70. The summed E-state index contributed by atoms with van der Waals surface area (Å²) >= 11 is 5.26. The van der Waals surface area contributed by atoms with E-state index >= 15 is 0 Å². The van der Waals surface area contributed by atoms with Crippen LogP contribution in [0.15, 0.2) is 45.8 Å². The first-order valence-electron chi connectivity index (χ1n) is 5.36. The highest BCUT2D eigenvalue weighted by atomic mass is 79.9. The molecule has 0 aliphatic rings. The average molecular weight is 300 g/mol. The molecular formula is C13H18BrNS. The summed E-state index contributed by atoms with van der Waals surface area (Å²) < 4.78 is 1.12. The first-order chi connectivity index (χ1) is 7.58. The van der Waals surface area contributed by atoms with Gasteiger partial charge in [-0.15, -0.1) is 11.8 Å². The fourth-order valence-electron chi connectivity index (χ4n) is 1.12. The van der Waals surface area contributed by atoms with Crippen molar-refractivity contribution in [3.05, 3.63) is 40.9 Å². The second-order valence-electron chi connectivity index (χ2n) is 4.03. The van der Waals surface area contributed by atoms with Crippen molar-refractivity contribution in [2.24, 2.45) is 0 Å². The van der Waals surface area contributed by atoms with Crippen molar-refractivity contribution in [3.8, 4) is 0 Å². The number of hydrogen-bond donors (Lipinski definition) is 1. The molecule has 0 atom stereocenters. The van der Waals surface area contributed by atoms with Crippen molar-refractivity contribution in [3.63, 3.8) is 0 Å². The minimum atomic E-state index is 0.523. The molecule has 0 amide bonds. The van der Waals surface area contributed by atoms with Gasteiger partial charge in [0.2, 0.25) is 0 Å². The fraction of sp³-hybridized carbons (Fsp3) is 0.385. The van der Waals surface area contributed by atoms with Gasteiger partial charge in [0.05, 0.1) is 0 Å². The molecule has 0 aliphatic carbocycles. The lowest BCUT2D eigenvalue weighted by Gasteiger charge is -2.10. The second-order valence-corrected chi connectivity index (χ2v) is 5.99. The number of rotatable bonds is 6. The van der Waals surface area contributed by atoms with E-state index in [0.717, 1.165) is 16.8 Å². The van der Waals surface area contributed by atoms with Gasteiger partial charge in [-0.25, -0.2) is 0 Å². The SMILES string of the molecule is C=C(CNC(C)C)CSc1ccc(Br)cc1. The molecule has 0 radical (unpaired) electrons. The molecular weight excluding hydrogens is 282 g/mol. The molecule has 0 fully saturated rings. The van der Waals surface area contributed by atoms with Crippen LogP contribution in [0.2, 0.25) is 0 Å². The lowest BCUT2D eigenvalue weighted by molar-refractivity contribution is 0.623. The summed E-state index contributed by atoms with van der Waals surface area (Å²) in [6.45, 7) is 9.27. The van der Waals surface area contributed by atoms with E-state index in [1.807, 2.05) is 11.8 Å². The number of benzene rings is 1. The highest BCUT2D eigenvalue weighted by Gasteiger charge is 1.99. The van der Waals surface area contributed by atoms with Crippen LogP contribution in [0.1, 0.15) is 13.8 Å². The normalized spacial score (nSPS) is 10.8. The Balaban J connectivity index is 2.29. The Kier molecular flexibility index (Phi) is 6.17. The third kappa shape index (κ3) is 5.73. The summed E-state index contributed by atoms with van der Waals surface area (Å²) in [5, 5.41) is 3.37. The second kappa shape index (κ2) is 7.15. The third-order valence-electron chi connectivity index (χ3n) is 2.02. The van der Waals surface area contributed by atoms with Gasteiger partial charge in [-0.3, -0.25) is 0 Å². The summed E-state index contributed by atoms with van der Waals surface area (Å²) in [7, 11) is 0. The minimum absolute atomic E-state index is 0.523. The Labute approximate surface area is 111 Å². The van der Waals surface area contributed by atoms with Gasteiger partial charge < -0.3 is 5.32 Å². The van der Waals surface area contributed by atoms with E-state index in [2.05, 4.69) is 65.9 Å². The maximum absolute atomic E-state index is 4.07. The van der Waals surface area contributed by atoms with Crippen LogP contribution in [0, 0.1) is 0 Å². The predicted molar refractivity (Wildman–Crippen MR) is 77.1 cm³/mol. The van der Waals surface area contributed by atoms with Crippen molar-refractivity contribution in [2.75, 3.05) is 12.3 Å². The molecule has 0 aromatic heterocycles. The molecule has 0 saturated heterocycles. The van der Waals surface area contributed by atoms with Gasteiger partial charge in [0.25, 0.3) is 0 Å². The van der Waals surface area contributed by atoms with E-state index in [-0.39, 0.29) is 0 Å². The standard InChI is InChI=1S/C13H18BrNS/c1-10(2)15-8-11(3)9-16-13-6-4-12(14)5-7-13/h4-7,10,15H,3,8-9H2,1-2H3. The molecule has 3 heteroatoms. The van der Waals surface area contributed by atoms with E-state index in [4.69, 9.17) is 0 Å². The number of halogens is 1. The van der Waals surface area contributed by atoms with Crippen LogP contribution in [0.25, 0.3) is 0 Å². The van der Waals surface area contributed by atoms with E-state index in [9.17, 15) is 0 Å². The van der Waals surface area contributed by atoms with Gasteiger partial charge in [0.15, 0.2) is 0 Å². The molecule has 0 saturated carbocycles. The Hall–Kier alpha value is -0.250.